The first kappa shape index (κ1) is 22.7. The van der Waals surface area contributed by atoms with E-state index in [1.165, 1.54) is 70.6 Å². The number of ether oxygens (including phenoxy) is 1. The number of hydrogen-bond acceptors (Lipinski definition) is 3. The minimum absolute atomic E-state index is 0.215. The van der Waals surface area contributed by atoms with Crippen LogP contribution >= 0.6 is 0 Å². The average molecular weight is 341 g/mol. The van der Waals surface area contributed by atoms with Gasteiger partial charge < -0.3 is 9.84 Å². The van der Waals surface area contributed by atoms with Gasteiger partial charge in [-0.2, -0.15) is 0 Å². The number of carboxylic acids is 1. The number of carboxylic acid groups (broad SMARTS) is 1. The van der Waals surface area contributed by atoms with Gasteiger partial charge in [0.1, 0.15) is 0 Å². The second kappa shape index (κ2) is 18.0. The van der Waals surface area contributed by atoms with Crippen molar-refractivity contribution in [2.24, 2.45) is 0 Å². The molecule has 0 aromatic heterocycles. The van der Waals surface area contributed by atoms with Gasteiger partial charge >= 0.3 is 11.9 Å². The molecule has 0 unspecified atom stereocenters. The Labute approximate surface area is 147 Å². The van der Waals surface area contributed by atoms with E-state index in [2.05, 4.69) is 23.8 Å². The van der Waals surface area contributed by atoms with Gasteiger partial charge in [-0.3, -0.25) is 0 Å². The molecule has 0 saturated heterocycles. The van der Waals surface area contributed by atoms with E-state index in [0.717, 1.165) is 19.3 Å². The lowest BCUT2D eigenvalue weighted by atomic mass is 10.1. The lowest BCUT2D eigenvalue weighted by Gasteiger charge is -2.02. The summed E-state index contributed by atoms with van der Waals surface area (Å²) in [4.78, 5) is 20.9. The van der Waals surface area contributed by atoms with E-state index in [0.29, 0.717) is 0 Å². The van der Waals surface area contributed by atoms with Crippen molar-refractivity contribution in [3.8, 4) is 0 Å². The van der Waals surface area contributed by atoms with Gasteiger partial charge in [-0.05, 0) is 32.1 Å². The summed E-state index contributed by atoms with van der Waals surface area (Å²) in [6.45, 7) is 2.47. The fourth-order valence-electron chi connectivity index (χ4n) is 2.58. The highest BCUT2D eigenvalue weighted by Gasteiger charge is 2.11. The van der Waals surface area contributed by atoms with E-state index in [4.69, 9.17) is 5.11 Å². The lowest BCUT2D eigenvalue weighted by Crippen LogP contribution is -2.16. The van der Waals surface area contributed by atoms with Crippen LogP contribution in [-0.4, -0.2) is 23.7 Å². The highest BCUT2D eigenvalue weighted by atomic mass is 16.6. The highest BCUT2D eigenvalue weighted by molar-refractivity contribution is 6.28. The van der Waals surface area contributed by atoms with Gasteiger partial charge in [0.15, 0.2) is 0 Å². The van der Waals surface area contributed by atoms with Crippen molar-refractivity contribution in [1.29, 1.82) is 0 Å². The first-order chi connectivity index (χ1) is 11.7. The third-order valence-corrected chi connectivity index (χ3v) is 4.06. The quantitative estimate of drug-likeness (QED) is 0.171. The molecule has 0 amide bonds. The maximum Gasteiger partial charge on any atom is 0.417 e. The van der Waals surface area contributed by atoms with E-state index in [1.807, 2.05) is 0 Å². The van der Waals surface area contributed by atoms with Crippen LogP contribution in [0.5, 0.6) is 0 Å². The molecule has 140 valence electrons. The molecule has 0 atom stereocenters. The van der Waals surface area contributed by atoms with Gasteiger partial charge in [0.25, 0.3) is 0 Å². The number of rotatable bonds is 16. The van der Waals surface area contributed by atoms with Crippen LogP contribution in [0.4, 0.5) is 0 Å². The molecule has 4 nitrogen and oxygen atoms in total. The van der Waals surface area contributed by atoms with E-state index < -0.39 is 11.9 Å². The Bertz CT molecular complexity index is 337. The van der Waals surface area contributed by atoms with Gasteiger partial charge in [0, 0.05) is 0 Å². The summed E-state index contributed by atoms with van der Waals surface area (Å²) in [5.41, 5.74) is 0. The number of esters is 1. The molecule has 0 aromatic carbocycles. The topological polar surface area (TPSA) is 63.6 Å². The number of unbranched alkanes of at least 4 members (excludes halogenated alkanes) is 12. The van der Waals surface area contributed by atoms with Crippen LogP contribution in [-0.2, 0) is 14.3 Å². The summed E-state index contributed by atoms with van der Waals surface area (Å²) in [5.74, 6) is -2.66. The predicted octanol–water partition coefficient (Wildman–Crippen LogP) is 5.65. The Morgan fingerprint density at radius 2 is 1.21 bits per heavy atom. The van der Waals surface area contributed by atoms with Crippen molar-refractivity contribution in [3.63, 3.8) is 0 Å². The van der Waals surface area contributed by atoms with Crippen molar-refractivity contribution < 1.29 is 19.4 Å². The summed E-state index contributed by atoms with van der Waals surface area (Å²) in [5, 5.41) is 8.34. The minimum atomic E-state index is -1.51. The average Bonchev–Trinajstić information content (AvgIpc) is 2.57. The Morgan fingerprint density at radius 3 is 1.71 bits per heavy atom. The van der Waals surface area contributed by atoms with E-state index in [1.54, 1.807) is 0 Å². The van der Waals surface area contributed by atoms with E-state index >= 15 is 0 Å². The first-order valence-corrected chi connectivity index (χ1v) is 9.73. The molecule has 0 aliphatic carbocycles. The SMILES string of the molecule is CCCCCCCC/C=C\CCCCCCCCOC(=O)C(=O)O. The van der Waals surface area contributed by atoms with Crippen molar-refractivity contribution in [1.82, 2.24) is 0 Å². The second-order valence-corrected chi connectivity index (χ2v) is 6.38. The molecule has 0 rings (SSSR count). The Balaban J connectivity index is 3.15. The number of carbonyl (C=O) groups excluding carboxylic acids is 1. The van der Waals surface area contributed by atoms with Crippen molar-refractivity contribution in [2.75, 3.05) is 6.61 Å². The molecule has 0 fully saturated rings. The smallest absolute Gasteiger partial charge is 0.417 e. The van der Waals surface area contributed by atoms with Crippen LogP contribution in [0.25, 0.3) is 0 Å². The molecule has 0 radical (unpaired) electrons. The summed E-state index contributed by atoms with van der Waals surface area (Å²) in [6.07, 6.45) is 21.7. The molecule has 0 heterocycles. The van der Waals surface area contributed by atoms with Gasteiger partial charge in [-0.1, -0.05) is 76.9 Å². The van der Waals surface area contributed by atoms with Crippen molar-refractivity contribution in [2.45, 2.75) is 96.8 Å². The standard InChI is InChI=1S/C20H36O4/c1-2-3-4-5-6-7-8-9-10-11-12-13-14-15-16-17-18-24-20(23)19(21)22/h9-10H,2-8,11-18H2,1H3,(H,21,22)/b10-9-. The van der Waals surface area contributed by atoms with Gasteiger partial charge in [-0.15, -0.1) is 0 Å². The molecule has 0 aromatic rings. The monoisotopic (exact) mass is 340 g/mol. The third-order valence-electron chi connectivity index (χ3n) is 4.06. The summed E-state index contributed by atoms with van der Waals surface area (Å²) in [6, 6.07) is 0. The van der Waals surface area contributed by atoms with Crippen LogP contribution in [0, 0.1) is 0 Å². The second-order valence-electron chi connectivity index (χ2n) is 6.38. The van der Waals surface area contributed by atoms with Crippen molar-refractivity contribution >= 4 is 11.9 Å². The van der Waals surface area contributed by atoms with E-state index in [-0.39, 0.29) is 6.61 Å². The zero-order chi connectivity index (χ0) is 17.9. The number of hydrogen-bond donors (Lipinski definition) is 1. The Kier molecular flexibility index (Phi) is 17.0. The number of carbonyl (C=O) groups is 2. The summed E-state index contributed by atoms with van der Waals surface area (Å²) < 4.78 is 4.57. The Hall–Kier alpha value is -1.32. The molecular formula is C20H36O4. The molecule has 4 heteroatoms. The van der Waals surface area contributed by atoms with Gasteiger partial charge in [0.05, 0.1) is 6.61 Å². The maximum atomic E-state index is 10.7. The third kappa shape index (κ3) is 17.0. The minimum Gasteiger partial charge on any atom is -0.473 e. The fraction of sp³-hybridized carbons (Fsp3) is 0.800. The number of aliphatic carboxylic acids is 1. The predicted molar refractivity (Wildman–Crippen MR) is 98.0 cm³/mol. The molecule has 24 heavy (non-hydrogen) atoms. The molecule has 0 spiro atoms. The molecule has 0 bridgehead atoms. The molecule has 0 aliphatic heterocycles. The first-order valence-electron chi connectivity index (χ1n) is 9.73. The van der Waals surface area contributed by atoms with E-state index in [9.17, 15) is 9.59 Å². The highest BCUT2D eigenvalue weighted by Crippen LogP contribution is 2.09. The maximum absolute atomic E-state index is 10.7. The molecular weight excluding hydrogens is 304 g/mol. The molecule has 1 N–H and O–H groups in total. The zero-order valence-electron chi connectivity index (χ0n) is 15.4. The number of allylic oxidation sites excluding steroid dienone is 2. The van der Waals surface area contributed by atoms with Crippen LogP contribution in [0.15, 0.2) is 12.2 Å². The summed E-state index contributed by atoms with van der Waals surface area (Å²) >= 11 is 0. The van der Waals surface area contributed by atoms with Crippen LogP contribution < -0.4 is 0 Å². The Morgan fingerprint density at radius 1 is 0.750 bits per heavy atom. The zero-order valence-corrected chi connectivity index (χ0v) is 15.4. The fourth-order valence-corrected chi connectivity index (χ4v) is 2.58. The largest absolute Gasteiger partial charge is 0.473 e. The lowest BCUT2D eigenvalue weighted by molar-refractivity contribution is -0.163. The van der Waals surface area contributed by atoms with Crippen molar-refractivity contribution in [3.05, 3.63) is 12.2 Å². The molecule has 0 saturated carbocycles. The van der Waals surface area contributed by atoms with Crippen LogP contribution in [0.2, 0.25) is 0 Å². The van der Waals surface area contributed by atoms with Crippen LogP contribution in [0.1, 0.15) is 96.8 Å². The molecule has 0 aliphatic rings. The summed E-state index contributed by atoms with van der Waals surface area (Å²) in [7, 11) is 0. The normalized spacial score (nSPS) is 11.0. The van der Waals surface area contributed by atoms with Crippen LogP contribution in [0.3, 0.4) is 0 Å². The van der Waals surface area contributed by atoms with Gasteiger partial charge in [-0.25, -0.2) is 9.59 Å². The van der Waals surface area contributed by atoms with Gasteiger partial charge in [0.2, 0.25) is 0 Å².